The van der Waals surface area contributed by atoms with Crippen LogP contribution in [0.5, 0.6) is 0 Å². The lowest BCUT2D eigenvalue weighted by Crippen LogP contribution is -2.50. The zero-order valence-electron chi connectivity index (χ0n) is 18.1. The molecule has 2 aliphatic carbocycles. The van der Waals surface area contributed by atoms with Gasteiger partial charge in [-0.2, -0.15) is 0 Å². The standard InChI is InChI=1S/C24H16Cl6N2O3/c1-10-5-3-8-14(11(10)2)31-19(33)12-6-4-7-13(9-12)32-20(34)15-16(21(32)35)23(28)18(26)17(25)22(15,27)24(23,29)30/h3-9,15-16H,1-2H3,(H,31,33)/t15-,16-,22-,23-/m1/s1. The number of hydrogen-bond acceptors (Lipinski definition) is 3. The molecule has 1 saturated heterocycles. The van der Waals surface area contributed by atoms with E-state index >= 15 is 0 Å². The first kappa shape index (κ1) is 25.2. The lowest BCUT2D eigenvalue weighted by atomic mass is 9.84. The van der Waals surface area contributed by atoms with E-state index in [0.29, 0.717) is 5.69 Å². The number of nitrogens with zero attached hydrogens (tertiary/aromatic N) is 1. The molecule has 0 radical (unpaired) electrons. The molecule has 5 rings (SSSR count). The molecule has 2 aromatic rings. The lowest BCUT2D eigenvalue weighted by Gasteiger charge is -2.34. The zero-order valence-corrected chi connectivity index (χ0v) is 22.7. The molecule has 1 saturated carbocycles. The fourth-order valence-corrected chi connectivity index (χ4v) is 8.05. The Kier molecular flexibility index (Phi) is 5.77. The van der Waals surface area contributed by atoms with E-state index in [2.05, 4.69) is 5.32 Å². The molecule has 1 heterocycles. The number of rotatable bonds is 3. The van der Waals surface area contributed by atoms with Crippen LogP contribution in [0.3, 0.4) is 0 Å². The topological polar surface area (TPSA) is 66.5 Å². The molecule has 3 amide bonds. The van der Waals surface area contributed by atoms with Crippen LogP contribution in [0, 0.1) is 25.7 Å². The van der Waals surface area contributed by atoms with Gasteiger partial charge in [0.05, 0.1) is 27.6 Å². The summed E-state index contributed by atoms with van der Waals surface area (Å²) >= 11 is 39.2. The number of carbonyl (C=O) groups excluding carboxylic acids is 3. The van der Waals surface area contributed by atoms with Gasteiger partial charge in [-0.05, 0) is 49.2 Å². The van der Waals surface area contributed by atoms with Crippen molar-refractivity contribution >= 4 is 98.7 Å². The van der Waals surface area contributed by atoms with Crippen LogP contribution < -0.4 is 10.2 Å². The van der Waals surface area contributed by atoms with Crippen LogP contribution in [0.15, 0.2) is 52.5 Å². The molecule has 2 bridgehead atoms. The van der Waals surface area contributed by atoms with E-state index in [0.717, 1.165) is 16.0 Å². The first-order valence-corrected chi connectivity index (χ1v) is 12.7. The number of halogens is 6. The van der Waals surface area contributed by atoms with Gasteiger partial charge >= 0.3 is 0 Å². The van der Waals surface area contributed by atoms with Gasteiger partial charge in [-0.15, -0.1) is 23.2 Å². The summed E-state index contributed by atoms with van der Waals surface area (Å²) in [5, 5.41) is 2.54. The molecular formula is C24H16Cl6N2O3. The molecule has 0 aromatic heterocycles. The average molecular weight is 593 g/mol. The van der Waals surface area contributed by atoms with Crippen LogP contribution in [0.1, 0.15) is 21.5 Å². The maximum atomic E-state index is 13.5. The van der Waals surface area contributed by atoms with E-state index in [-0.39, 0.29) is 21.3 Å². The fraction of sp³-hybridized carbons (Fsp3) is 0.292. The number of alkyl halides is 4. The Morgan fingerprint density at radius 2 is 1.43 bits per heavy atom. The van der Waals surface area contributed by atoms with Crippen molar-refractivity contribution in [3.63, 3.8) is 0 Å². The Hall–Kier alpha value is -1.47. The largest absolute Gasteiger partial charge is 0.322 e. The van der Waals surface area contributed by atoms with E-state index in [4.69, 9.17) is 69.6 Å². The van der Waals surface area contributed by atoms with E-state index in [9.17, 15) is 14.4 Å². The summed E-state index contributed by atoms with van der Waals surface area (Å²) in [6.07, 6.45) is 0. The van der Waals surface area contributed by atoms with E-state index in [1.165, 1.54) is 12.1 Å². The molecule has 1 aliphatic heterocycles. The molecule has 11 heteroatoms. The highest BCUT2D eigenvalue weighted by Gasteiger charge is 2.87. The van der Waals surface area contributed by atoms with Crippen molar-refractivity contribution < 1.29 is 14.4 Å². The Morgan fingerprint density at radius 1 is 0.886 bits per heavy atom. The summed E-state index contributed by atoms with van der Waals surface area (Å²) in [6.45, 7) is 3.84. The van der Waals surface area contributed by atoms with E-state index in [1.54, 1.807) is 18.2 Å². The smallest absolute Gasteiger partial charge is 0.255 e. The van der Waals surface area contributed by atoms with Crippen molar-refractivity contribution in [3.8, 4) is 0 Å². The van der Waals surface area contributed by atoms with Gasteiger partial charge in [0.1, 0.15) is 9.75 Å². The molecule has 4 atom stereocenters. The zero-order chi connectivity index (χ0) is 25.7. The molecular weight excluding hydrogens is 577 g/mol. The first-order chi connectivity index (χ1) is 16.3. The number of nitrogens with one attached hydrogen (secondary N) is 1. The molecule has 1 N–H and O–H groups in total. The average Bonchev–Trinajstić information content (AvgIpc) is 3.20. The van der Waals surface area contributed by atoms with Gasteiger partial charge in [0.15, 0.2) is 4.33 Å². The van der Waals surface area contributed by atoms with Crippen molar-refractivity contribution in [1.29, 1.82) is 0 Å². The minimum atomic E-state index is -2.00. The first-order valence-electron chi connectivity index (χ1n) is 10.5. The van der Waals surface area contributed by atoms with Crippen molar-refractivity contribution in [2.24, 2.45) is 11.8 Å². The maximum Gasteiger partial charge on any atom is 0.255 e. The normalized spacial score (nSPS) is 30.8. The third-order valence-corrected chi connectivity index (χ3v) is 11.4. The second kappa shape index (κ2) is 8.01. The van der Waals surface area contributed by atoms with Crippen molar-refractivity contribution in [3.05, 3.63) is 69.2 Å². The molecule has 2 fully saturated rings. The van der Waals surface area contributed by atoms with Crippen LogP contribution in [-0.2, 0) is 9.59 Å². The van der Waals surface area contributed by atoms with Crippen molar-refractivity contribution in [2.75, 3.05) is 10.2 Å². The number of benzene rings is 2. The number of imide groups is 1. The van der Waals surface area contributed by atoms with Crippen LogP contribution in [-0.4, -0.2) is 31.8 Å². The predicted octanol–water partition coefficient (Wildman–Crippen LogP) is 6.51. The number of anilines is 2. The second-order valence-electron chi connectivity index (χ2n) is 8.85. The molecule has 35 heavy (non-hydrogen) atoms. The van der Waals surface area contributed by atoms with E-state index in [1.807, 2.05) is 26.0 Å². The minimum absolute atomic E-state index is 0.160. The third kappa shape index (κ3) is 3.00. The number of amides is 3. The van der Waals surface area contributed by atoms with Crippen LogP contribution in [0.4, 0.5) is 11.4 Å². The number of aryl methyl sites for hydroxylation is 1. The highest BCUT2D eigenvalue weighted by Crippen LogP contribution is 2.77. The van der Waals surface area contributed by atoms with Gasteiger partial charge in [0, 0.05) is 11.3 Å². The molecule has 3 aliphatic rings. The molecule has 0 spiro atoms. The van der Waals surface area contributed by atoms with Gasteiger partial charge in [0.2, 0.25) is 11.8 Å². The van der Waals surface area contributed by atoms with Gasteiger partial charge in [-0.1, -0.05) is 64.6 Å². The number of carbonyl (C=O) groups is 3. The van der Waals surface area contributed by atoms with Gasteiger partial charge in [-0.25, -0.2) is 4.90 Å². The van der Waals surface area contributed by atoms with Crippen LogP contribution in [0.25, 0.3) is 0 Å². The van der Waals surface area contributed by atoms with Crippen LogP contribution in [0.2, 0.25) is 0 Å². The molecule has 5 nitrogen and oxygen atoms in total. The van der Waals surface area contributed by atoms with Gasteiger partial charge < -0.3 is 5.32 Å². The van der Waals surface area contributed by atoms with Gasteiger partial charge in [-0.3, -0.25) is 14.4 Å². The van der Waals surface area contributed by atoms with Crippen molar-refractivity contribution in [2.45, 2.75) is 27.9 Å². The SMILES string of the molecule is Cc1cccc(NC(=O)c2cccc(N3C(=O)[C@H]4[C@H](C3=O)[C@@]3(Cl)C(Cl)=C(Cl)[C@@]4(Cl)C3(Cl)Cl)c2)c1C. The Balaban J connectivity index is 1.50. The van der Waals surface area contributed by atoms with Crippen LogP contribution >= 0.6 is 69.6 Å². The number of fused-ring (bicyclic) bond motifs is 5. The molecule has 2 aromatic carbocycles. The summed E-state index contributed by atoms with van der Waals surface area (Å²) in [6, 6.07) is 11.7. The highest BCUT2D eigenvalue weighted by atomic mass is 35.5. The Bertz CT molecular complexity index is 1330. The highest BCUT2D eigenvalue weighted by molar-refractivity contribution is 6.67. The Labute approximate surface area is 231 Å². The molecule has 182 valence electrons. The van der Waals surface area contributed by atoms with E-state index < -0.39 is 43.6 Å². The third-order valence-electron chi connectivity index (χ3n) is 7.13. The second-order valence-corrected chi connectivity index (χ2v) is 12.1. The maximum absolute atomic E-state index is 13.5. The summed E-state index contributed by atoms with van der Waals surface area (Å²) < 4.78 is -2.00. The van der Waals surface area contributed by atoms with Crippen molar-refractivity contribution in [1.82, 2.24) is 0 Å². The minimum Gasteiger partial charge on any atom is -0.322 e. The molecule has 0 unspecified atom stereocenters. The fourth-order valence-electron chi connectivity index (χ4n) is 5.12. The number of hydrogen-bond donors (Lipinski definition) is 1. The van der Waals surface area contributed by atoms with Gasteiger partial charge in [0.25, 0.3) is 5.91 Å². The Morgan fingerprint density at radius 3 is 2.00 bits per heavy atom. The summed E-state index contributed by atoms with van der Waals surface area (Å²) in [5.41, 5.74) is 3.02. The summed E-state index contributed by atoms with van der Waals surface area (Å²) in [7, 11) is 0. The predicted molar refractivity (Wildman–Crippen MR) is 140 cm³/mol. The lowest BCUT2D eigenvalue weighted by molar-refractivity contribution is -0.123. The summed E-state index contributed by atoms with van der Waals surface area (Å²) in [4.78, 5) is 37.2. The number of allylic oxidation sites excluding steroid dienone is 2. The quantitative estimate of drug-likeness (QED) is 0.326. The summed E-state index contributed by atoms with van der Waals surface area (Å²) in [5.74, 6) is -4.26. The monoisotopic (exact) mass is 590 g/mol.